The lowest BCUT2D eigenvalue weighted by Crippen LogP contribution is -2.58. The molecule has 0 bridgehead atoms. The topological polar surface area (TPSA) is 78.5 Å². The van der Waals surface area contributed by atoms with Crippen LogP contribution in [0.4, 0.5) is 10.6 Å². The van der Waals surface area contributed by atoms with E-state index >= 15 is 0 Å². The van der Waals surface area contributed by atoms with E-state index in [2.05, 4.69) is 20.9 Å². The van der Waals surface area contributed by atoms with E-state index < -0.39 is 5.60 Å². The fourth-order valence-electron chi connectivity index (χ4n) is 4.77. The van der Waals surface area contributed by atoms with E-state index in [1.807, 2.05) is 43.9 Å². The molecule has 2 aromatic heterocycles. The van der Waals surface area contributed by atoms with Crippen molar-refractivity contribution in [2.24, 2.45) is 5.41 Å². The second-order valence-corrected chi connectivity index (χ2v) is 9.58. The minimum absolute atomic E-state index is 0.0837. The number of H-pyrrole nitrogens is 1. The molecule has 7 nitrogen and oxygen atoms in total. The van der Waals surface area contributed by atoms with E-state index in [9.17, 15) is 9.59 Å². The highest BCUT2D eigenvalue weighted by molar-refractivity contribution is 6.16. The summed E-state index contributed by atoms with van der Waals surface area (Å²) in [5, 5.41) is 2.06. The number of likely N-dealkylation sites (tertiary alicyclic amines) is 1. The summed E-state index contributed by atoms with van der Waals surface area (Å²) in [5.74, 6) is 0.898. The summed E-state index contributed by atoms with van der Waals surface area (Å²) in [6.07, 6.45) is 3.23. The quantitative estimate of drug-likeness (QED) is 0.652. The number of fused-ring (bicyclic) bond motifs is 3. The number of nitrogens with one attached hydrogen (secondary N) is 1. The molecule has 1 spiro atoms. The van der Waals surface area contributed by atoms with Crippen molar-refractivity contribution in [2.75, 3.05) is 31.1 Å². The third-order valence-corrected chi connectivity index (χ3v) is 6.11. The van der Waals surface area contributed by atoms with Gasteiger partial charge in [-0.1, -0.05) is 18.2 Å². The minimum atomic E-state index is -0.482. The van der Waals surface area contributed by atoms with E-state index in [-0.39, 0.29) is 11.5 Å². The molecule has 2 saturated heterocycles. The number of ether oxygens (including phenoxy) is 1. The van der Waals surface area contributed by atoms with Gasteiger partial charge in [-0.05, 0) is 33.3 Å². The summed E-state index contributed by atoms with van der Waals surface area (Å²) >= 11 is 0. The zero-order chi connectivity index (χ0) is 21.1. The Labute approximate surface area is 175 Å². The Morgan fingerprint density at radius 1 is 1.23 bits per heavy atom. The van der Waals surface area contributed by atoms with Crippen molar-refractivity contribution in [3.8, 4) is 0 Å². The van der Waals surface area contributed by atoms with Crippen LogP contribution in [0.3, 0.4) is 0 Å². The van der Waals surface area contributed by atoms with E-state index in [0.29, 0.717) is 12.1 Å². The second kappa shape index (κ2) is 6.45. The third-order valence-electron chi connectivity index (χ3n) is 6.11. The normalized spacial score (nSPS) is 18.2. The number of benzene rings is 1. The van der Waals surface area contributed by atoms with Crippen LogP contribution in [0.25, 0.3) is 21.8 Å². The van der Waals surface area contributed by atoms with Crippen molar-refractivity contribution >= 4 is 40.0 Å². The Bertz CT molecular complexity index is 1150. The van der Waals surface area contributed by atoms with E-state index in [4.69, 9.17) is 4.74 Å². The largest absolute Gasteiger partial charge is 0.444 e. The highest BCUT2D eigenvalue weighted by Gasteiger charge is 2.50. The molecule has 156 valence electrons. The first-order valence-electron chi connectivity index (χ1n) is 10.4. The van der Waals surface area contributed by atoms with Crippen LogP contribution >= 0.6 is 0 Å². The molecule has 1 N–H and O–H groups in total. The summed E-state index contributed by atoms with van der Waals surface area (Å²) in [7, 11) is 0. The Hall–Kier alpha value is -3.09. The maximum atomic E-state index is 12.4. The lowest BCUT2D eigenvalue weighted by atomic mass is 9.79. The van der Waals surface area contributed by atoms with Gasteiger partial charge in [0.1, 0.15) is 11.4 Å². The van der Waals surface area contributed by atoms with Crippen LogP contribution in [0.2, 0.25) is 0 Å². The molecule has 5 rings (SSSR count). The second-order valence-electron chi connectivity index (χ2n) is 9.58. The van der Waals surface area contributed by atoms with Crippen LogP contribution < -0.4 is 4.90 Å². The van der Waals surface area contributed by atoms with Gasteiger partial charge in [0.05, 0.1) is 16.5 Å². The summed E-state index contributed by atoms with van der Waals surface area (Å²) in [6, 6.07) is 8.05. The van der Waals surface area contributed by atoms with Crippen molar-refractivity contribution in [3.05, 3.63) is 36.0 Å². The number of para-hydroxylation sites is 1. The van der Waals surface area contributed by atoms with Gasteiger partial charge in [0.15, 0.2) is 6.29 Å². The van der Waals surface area contributed by atoms with Crippen LogP contribution in [0.15, 0.2) is 30.5 Å². The number of aldehydes is 1. The zero-order valence-corrected chi connectivity index (χ0v) is 17.6. The van der Waals surface area contributed by atoms with Crippen molar-refractivity contribution in [2.45, 2.75) is 32.8 Å². The van der Waals surface area contributed by atoms with Crippen molar-refractivity contribution in [1.29, 1.82) is 0 Å². The fourth-order valence-corrected chi connectivity index (χ4v) is 4.77. The number of hydrogen-bond acceptors (Lipinski definition) is 5. The van der Waals surface area contributed by atoms with Crippen molar-refractivity contribution in [1.82, 2.24) is 14.9 Å². The number of anilines is 1. The molecule has 0 unspecified atom stereocenters. The molecule has 30 heavy (non-hydrogen) atoms. The summed E-state index contributed by atoms with van der Waals surface area (Å²) in [5.41, 5.74) is 2.00. The summed E-state index contributed by atoms with van der Waals surface area (Å²) in [4.78, 5) is 36.1. The monoisotopic (exact) mass is 406 g/mol. The average Bonchev–Trinajstić information content (AvgIpc) is 3.27. The number of hydrogen-bond donors (Lipinski definition) is 1. The predicted molar refractivity (Wildman–Crippen MR) is 116 cm³/mol. The van der Waals surface area contributed by atoms with Crippen LogP contribution in [-0.4, -0.2) is 59.0 Å². The molecule has 3 aromatic rings. The number of amides is 1. The van der Waals surface area contributed by atoms with Crippen molar-refractivity contribution in [3.63, 3.8) is 0 Å². The van der Waals surface area contributed by atoms with E-state index in [1.54, 1.807) is 6.20 Å². The maximum absolute atomic E-state index is 12.4. The molecule has 0 aliphatic carbocycles. The lowest BCUT2D eigenvalue weighted by molar-refractivity contribution is 0.0265. The first-order valence-corrected chi connectivity index (χ1v) is 10.4. The third kappa shape index (κ3) is 3.00. The molecule has 7 heteroatoms. The van der Waals surface area contributed by atoms with Gasteiger partial charge in [-0.25, -0.2) is 9.78 Å². The van der Waals surface area contributed by atoms with Crippen LogP contribution in [0.1, 0.15) is 37.6 Å². The van der Waals surface area contributed by atoms with Gasteiger partial charge in [-0.2, -0.15) is 0 Å². The first-order chi connectivity index (χ1) is 14.3. The smallest absolute Gasteiger partial charge is 0.410 e. The number of aromatic nitrogens is 2. The standard InChI is InChI=1S/C23H26N4O3/c1-22(2,3)30-21(29)26-9-8-23(12-26)13-27(14-23)20-18-16-6-4-5-7-17(16)25-19(18)15(11-28)10-24-20/h4-7,10-11,25H,8-9,12-14H2,1-3H3. The van der Waals surface area contributed by atoms with Gasteiger partial charge >= 0.3 is 6.09 Å². The number of pyridine rings is 1. The molecular formula is C23H26N4O3. The van der Waals surface area contributed by atoms with E-state index in [1.165, 1.54) is 0 Å². The summed E-state index contributed by atoms with van der Waals surface area (Å²) < 4.78 is 5.54. The van der Waals surface area contributed by atoms with Gasteiger partial charge in [0.25, 0.3) is 0 Å². The molecule has 0 atom stereocenters. The molecule has 4 heterocycles. The highest BCUT2D eigenvalue weighted by atomic mass is 16.6. The van der Waals surface area contributed by atoms with Crippen LogP contribution in [0.5, 0.6) is 0 Å². The first kappa shape index (κ1) is 18.9. The SMILES string of the molecule is CC(C)(C)OC(=O)N1CCC2(C1)CN(c1ncc(C=O)c3[nH]c4ccccc4c13)C2. The number of aromatic amines is 1. The molecule has 1 amide bonds. The van der Waals surface area contributed by atoms with Gasteiger partial charge in [0.2, 0.25) is 0 Å². The summed E-state index contributed by atoms with van der Waals surface area (Å²) in [6.45, 7) is 8.79. The van der Waals surface area contributed by atoms with Crippen LogP contribution in [0, 0.1) is 5.41 Å². The molecule has 1 aromatic carbocycles. The molecule has 0 radical (unpaired) electrons. The average molecular weight is 406 g/mol. The number of nitrogens with zero attached hydrogens (tertiary/aromatic N) is 3. The molecule has 0 saturated carbocycles. The molecule has 2 aliphatic rings. The van der Waals surface area contributed by atoms with Gasteiger partial charge in [0, 0.05) is 48.7 Å². The zero-order valence-electron chi connectivity index (χ0n) is 17.6. The lowest BCUT2D eigenvalue weighted by Gasteiger charge is -2.48. The van der Waals surface area contributed by atoms with Gasteiger partial charge < -0.3 is 19.5 Å². The number of carbonyl (C=O) groups is 2. The number of carbonyl (C=O) groups excluding carboxylic acids is 2. The number of rotatable bonds is 2. The van der Waals surface area contributed by atoms with Gasteiger partial charge in [-0.15, -0.1) is 0 Å². The Kier molecular flexibility index (Phi) is 4.07. The van der Waals surface area contributed by atoms with Gasteiger partial charge in [-0.3, -0.25) is 4.79 Å². The Morgan fingerprint density at radius 2 is 2.00 bits per heavy atom. The fraction of sp³-hybridized carbons (Fsp3) is 0.435. The van der Waals surface area contributed by atoms with Crippen LogP contribution in [-0.2, 0) is 4.74 Å². The molecule has 2 aliphatic heterocycles. The highest BCUT2D eigenvalue weighted by Crippen LogP contribution is 2.44. The maximum Gasteiger partial charge on any atom is 0.410 e. The van der Waals surface area contributed by atoms with E-state index in [0.717, 1.165) is 60.0 Å². The molecule has 2 fully saturated rings. The Morgan fingerprint density at radius 3 is 2.73 bits per heavy atom. The van der Waals surface area contributed by atoms with Crippen molar-refractivity contribution < 1.29 is 14.3 Å². The minimum Gasteiger partial charge on any atom is -0.444 e. The Balaban J connectivity index is 1.40. The predicted octanol–water partition coefficient (Wildman–Crippen LogP) is 3.98. The molecular weight excluding hydrogens is 380 g/mol.